The minimum absolute atomic E-state index is 0.164. The lowest BCUT2D eigenvalue weighted by Crippen LogP contribution is -2.47. The number of hydrogen-bond donors (Lipinski definition) is 2. The molecule has 0 fully saturated rings. The van der Waals surface area contributed by atoms with Crippen LogP contribution >= 0.6 is 12.2 Å². The van der Waals surface area contributed by atoms with Crippen LogP contribution in [0.1, 0.15) is 31.9 Å². The molecule has 2 aromatic carbocycles. The van der Waals surface area contributed by atoms with Crippen molar-refractivity contribution in [3.63, 3.8) is 0 Å². The van der Waals surface area contributed by atoms with Gasteiger partial charge in [0.15, 0.2) is 16.6 Å². The maximum absolute atomic E-state index is 12.4. The highest BCUT2D eigenvalue weighted by Crippen LogP contribution is 2.29. The van der Waals surface area contributed by atoms with Crippen molar-refractivity contribution in [2.45, 2.75) is 39.8 Å². The smallest absolute Gasteiger partial charge is 0.311 e. The predicted octanol–water partition coefficient (Wildman–Crippen LogP) is 3.28. The van der Waals surface area contributed by atoms with Crippen molar-refractivity contribution in [1.29, 1.82) is 0 Å². The second kappa shape index (κ2) is 12.4. The number of carbonyl (C=O) groups excluding carboxylic acids is 1. The summed E-state index contributed by atoms with van der Waals surface area (Å²) >= 11 is 5.40. The molecule has 33 heavy (non-hydrogen) atoms. The Balaban J connectivity index is 2.28. The van der Waals surface area contributed by atoms with Gasteiger partial charge in [-0.3, -0.25) is 4.79 Å². The zero-order chi connectivity index (χ0) is 24.4. The molecule has 7 nitrogen and oxygen atoms in total. The molecule has 0 radical (unpaired) electrons. The molecule has 0 aromatic heterocycles. The summed E-state index contributed by atoms with van der Waals surface area (Å²) in [5.41, 5.74) is 13.1. The van der Waals surface area contributed by atoms with E-state index in [1.54, 1.807) is 7.11 Å². The minimum atomic E-state index is -0.599. The first kappa shape index (κ1) is 26.4. The molecule has 180 valence electrons. The van der Waals surface area contributed by atoms with Crippen LogP contribution < -0.4 is 20.9 Å². The van der Waals surface area contributed by atoms with Crippen LogP contribution in [0.25, 0.3) is 0 Å². The highest BCUT2D eigenvalue weighted by Gasteiger charge is 2.27. The molecule has 2 rings (SSSR count). The molecular weight excluding hydrogens is 438 g/mol. The van der Waals surface area contributed by atoms with Gasteiger partial charge in [0, 0.05) is 13.1 Å². The van der Waals surface area contributed by atoms with E-state index in [1.807, 2.05) is 74.2 Å². The lowest BCUT2D eigenvalue weighted by molar-refractivity contribution is -0.154. The van der Waals surface area contributed by atoms with Crippen molar-refractivity contribution in [2.75, 3.05) is 26.9 Å². The van der Waals surface area contributed by atoms with Gasteiger partial charge in [-0.05, 0) is 62.7 Å². The van der Waals surface area contributed by atoms with E-state index in [2.05, 4.69) is 0 Å². The Kier molecular flexibility index (Phi) is 9.94. The lowest BCUT2D eigenvalue weighted by Gasteiger charge is -2.33. The van der Waals surface area contributed by atoms with E-state index in [-0.39, 0.29) is 23.7 Å². The third-order valence-electron chi connectivity index (χ3n) is 5.01. The molecule has 0 saturated carbocycles. The SMILES string of the molecule is COc1cc(CN(C(N)=S)[C@@H](COC(=O)C(C)(C)C)Cc2ccccc2)ccc1OCCN. The highest BCUT2D eigenvalue weighted by atomic mass is 32.1. The molecule has 1 atom stereocenters. The predicted molar refractivity (Wildman–Crippen MR) is 134 cm³/mol. The maximum atomic E-state index is 12.4. The first-order valence-electron chi connectivity index (χ1n) is 10.9. The fraction of sp³-hybridized carbons (Fsp3) is 0.440. The number of ether oxygens (including phenoxy) is 3. The first-order valence-corrected chi connectivity index (χ1v) is 11.3. The van der Waals surface area contributed by atoms with Gasteiger partial charge < -0.3 is 30.6 Å². The average molecular weight is 474 g/mol. The number of methoxy groups -OCH3 is 1. The Hall–Kier alpha value is -2.84. The monoisotopic (exact) mass is 473 g/mol. The van der Waals surface area contributed by atoms with Crippen LogP contribution in [0.15, 0.2) is 48.5 Å². The van der Waals surface area contributed by atoms with Gasteiger partial charge in [-0.25, -0.2) is 0 Å². The summed E-state index contributed by atoms with van der Waals surface area (Å²) in [5.74, 6) is 0.947. The van der Waals surface area contributed by atoms with Crippen LogP contribution in [0, 0.1) is 5.41 Å². The molecule has 0 aliphatic heterocycles. The lowest BCUT2D eigenvalue weighted by atomic mass is 9.97. The second-order valence-corrected chi connectivity index (χ2v) is 9.20. The van der Waals surface area contributed by atoms with Gasteiger partial charge in [-0.2, -0.15) is 0 Å². The van der Waals surface area contributed by atoms with Crippen LogP contribution in [0.2, 0.25) is 0 Å². The van der Waals surface area contributed by atoms with Crippen LogP contribution in [0.5, 0.6) is 11.5 Å². The van der Waals surface area contributed by atoms with Crippen molar-refractivity contribution >= 4 is 23.3 Å². The molecule has 0 saturated heterocycles. The van der Waals surface area contributed by atoms with E-state index in [0.29, 0.717) is 37.6 Å². The molecule has 0 amide bonds. The Morgan fingerprint density at radius 1 is 1.09 bits per heavy atom. The molecule has 0 bridgehead atoms. The summed E-state index contributed by atoms with van der Waals surface area (Å²) in [6.07, 6.45) is 0.616. The van der Waals surface area contributed by atoms with Crippen LogP contribution in [0.4, 0.5) is 0 Å². The molecule has 0 heterocycles. The molecule has 2 aromatic rings. The summed E-state index contributed by atoms with van der Waals surface area (Å²) in [7, 11) is 1.59. The number of esters is 1. The first-order chi connectivity index (χ1) is 15.7. The van der Waals surface area contributed by atoms with Crippen molar-refractivity contribution in [1.82, 2.24) is 4.90 Å². The van der Waals surface area contributed by atoms with Crippen LogP contribution in [-0.2, 0) is 22.5 Å². The maximum Gasteiger partial charge on any atom is 0.311 e. The Bertz CT molecular complexity index is 916. The summed E-state index contributed by atoms with van der Waals surface area (Å²) in [4.78, 5) is 14.3. The largest absolute Gasteiger partial charge is 0.493 e. The van der Waals surface area contributed by atoms with E-state index in [4.69, 9.17) is 37.9 Å². The standard InChI is InChI=1S/C25H35N3O4S/c1-25(2,3)23(29)32-17-20(14-18-8-6-5-7-9-18)28(24(27)33)16-19-10-11-21(31-13-12-26)22(15-19)30-4/h5-11,15,20H,12-14,16-17,26H2,1-4H3,(H2,27,33)/t20-/m1/s1. The Morgan fingerprint density at radius 2 is 1.79 bits per heavy atom. The number of thiocarbonyl (C=S) groups is 1. The number of rotatable bonds is 11. The van der Waals surface area contributed by atoms with Gasteiger partial charge in [-0.1, -0.05) is 36.4 Å². The zero-order valence-corrected chi connectivity index (χ0v) is 20.7. The van der Waals surface area contributed by atoms with E-state index in [0.717, 1.165) is 11.1 Å². The fourth-order valence-electron chi connectivity index (χ4n) is 3.22. The van der Waals surface area contributed by atoms with E-state index in [9.17, 15) is 4.79 Å². The van der Waals surface area contributed by atoms with Crippen molar-refractivity contribution < 1.29 is 19.0 Å². The van der Waals surface area contributed by atoms with Crippen LogP contribution in [-0.4, -0.2) is 48.9 Å². The van der Waals surface area contributed by atoms with Crippen LogP contribution in [0.3, 0.4) is 0 Å². The van der Waals surface area contributed by atoms with Gasteiger partial charge in [0.25, 0.3) is 0 Å². The number of hydrogen-bond acceptors (Lipinski definition) is 6. The summed E-state index contributed by atoms with van der Waals surface area (Å²) in [6.45, 7) is 6.88. The third kappa shape index (κ3) is 8.22. The number of nitrogens with two attached hydrogens (primary N) is 2. The van der Waals surface area contributed by atoms with Crippen molar-refractivity contribution in [2.24, 2.45) is 16.9 Å². The molecular formula is C25H35N3O4S. The number of nitrogens with zero attached hydrogens (tertiary/aromatic N) is 1. The van der Waals surface area contributed by atoms with Gasteiger partial charge in [-0.15, -0.1) is 0 Å². The van der Waals surface area contributed by atoms with E-state index < -0.39 is 5.41 Å². The fourth-order valence-corrected chi connectivity index (χ4v) is 3.43. The normalized spacial score (nSPS) is 12.0. The Labute approximate surface area is 202 Å². The molecule has 0 spiro atoms. The molecule has 0 aliphatic rings. The Morgan fingerprint density at radius 3 is 2.36 bits per heavy atom. The van der Waals surface area contributed by atoms with Gasteiger partial charge >= 0.3 is 5.97 Å². The average Bonchev–Trinajstić information content (AvgIpc) is 2.78. The summed E-state index contributed by atoms with van der Waals surface area (Å²) < 4.78 is 16.8. The minimum Gasteiger partial charge on any atom is -0.493 e. The second-order valence-electron chi connectivity index (χ2n) is 8.78. The van der Waals surface area contributed by atoms with E-state index in [1.165, 1.54) is 0 Å². The molecule has 8 heteroatoms. The third-order valence-corrected chi connectivity index (χ3v) is 5.25. The van der Waals surface area contributed by atoms with Gasteiger partial charge in [0.1, 0.15) is 13.2 Å². The highest BCUT2D eigenvalue weighted by molar-refractivity contribution is 7.80. The molecule has 0 aliphatic carbocycles. The zero-order valence-electron chi connectivity index (χ0n) is 19.9. The summed E-state index contributed by atoms with van der Waals surface area (Å²) in [6, 6.07) is 15.4. The number of benzene rings is 2. The van der Waals surface area contributed by atoms with Crippen molar-refractivity contribution in [3.8, 4) is 11.5 Å². The molecule has 0 unspecified atom stereocenters. The summed E-state index contributed by atoms with van der Waals surface area (Å²) in [5, 5.41) is 0.227. The van der Waals surface area contributed by atoms with Gasteiger partial charge in [0.2, 0.25) is 0 Å². The molecule has 4 N–H and O–H groups in total. The van der Waals surface area contributed by atoms with E-state index >= 15 is 0 Å². The topological polar surface area (TPSA) is 100 Å². The van der Waals surface area contributed by atoms with Gasteiger partial charge in [0.05, 0.1) is 18.6 Å². The quantitative estimate of drug-likeness (QED) is 0.379. The number of carbonyl (C=O) groups is 1. The van der Waals surface area contributed by atoms with Crippen molar-refractivity contribution in [3.05, 3.63) is 59.7 Å².